The number of nitrogens with two attached hydrogens (primary N) is 1. The van der Waals surface area contributed by atoms with Gasteiger partial charge in [-0.2, -0.15) is 0 Å². The van der Waals surface area contributed by atoms with Crippen LogP contribution in [0.5, 0.6) is 0 Å². The maximum absolute atomic E-state index is 5.55. The molecule has 1 aromatic rings. The number of rotatable bonds is 0. The second-order valence-corrected chi connectivity index (χ2v) is 2.96. The standard InChI is InChI=1S/C6H9NS.C2H6/c1-4-5(2)8-3-6(4)7;1-2/h3H,7H2,1-2H3;1-2H3. The molecule has 0 atom stereocenters. The summed E-state index contributed by atoms with van der Waals surface area (Å²) in [5.74, 6) is 0. The first-order valence-electron chi connectivity index (χ1n) is 3.52. The van der Waals surface area contributed by atoms with E-state index in [0.29, 0.717) is 0 Å². The summed E-state index contributed by atoms with van der Waals surface area (Å²) in [5.41, 5.74) is 7.71. The molecule has 1 nitrogen and oxygen atoms in total. The number of nitrogen functional groups attached to an aromatic ring is 1. The molecular weight excluding hydrogens is 142 g/mol. The lowest BCUT2D eigenvalue weighted by atomic mass is 10.3. The molecule has 0 aliphatic rings. The summed E-state index contributed by atoms with van der Waals surface area (Å²) in [6, 6.07) is 0. The van der Waals surface area contributed by atoms with Crippen molar-refractivity contribution in [1.29, 1.82) is 0 Å². The van der Waals surface area contributed by atoms with E-state index in [9.17, 15) is 0 Å². The van der Waals surface area contributed by atoms with Gasteiger partial charge in [0.1, 0.15) is 0 Å². The maximum Gasteiger partial charge on any atom is 0.0455 e. The van der Waals surface area contributed by atoms with E-state index >= 15 is 0 Å². The van der Waals surface area contributed by atoms with Gasteiger partial charge < -0.3 is 5.73 Å². The minimum absolute atomic E-state index is 0.924. The monoisotopic (exact) mass is 157 g/mol. The smallest absolute Gasteiger partial charge is 0.0455 e. The highest BCUT2D eigenvalue weighted by atomic mass is 32.1. The van der Waals surface area contributed by atoms with E-state index in [4.69, 9.17) is 5.73 Å². The van der Waals surface area contributed by atoms with Crippen LogP contribution in [-0.4, -0.2) is 0 Å². The van der Waals surface area contributed by atoms with E-state index in [1.807, 2.05) is 26.2 Å². The molecule has 2 N–H and O–H groups in total. The van der Waals surface area contributed by atoms with Gasteiger partial charge in [-0.25, -0.2) is 0 Å². The Kier molecular flexibility index (Phi) is 4.12. The normalized spacial score (nSPS) is 8.40. The van der Waals surface area contributed by atoms with Gasteiger partial charge in [0.25, 0.3) is 0 Å². The van der Waals surface area contributed by atoms with Crippen molar-refractivity contribution in [2.75, 3.05) is 5.73 Å². The summed E-state index contributed by atoms with van der Waals surface area (Å²) in [6.45, 7) is 8.12. The Hall–Kier alpha value is -0.500. The first-order valence-corrected chi connectivity index (χ1v) is 4.40. The highest BCUT2D eigenvalue weighted by Crippen LogP contribution is 2.21. The van der Waals surface area contributed by atoms with Gasteiger partial charge in [0, 0.05) is 15.9 Å². The number of hydrogen-bond donors (Lipinski definition) is 1. The van der Waals surface area contributed by atoms with Gasteiger partial charge in [-0.15, -0.1) is 11.3 Å². The summed E-state index contributed by atoms with van der Waals surface area (Å²) >= 11 is 1.71. The largest absolute Gasteiger partial charge is 0.398 e. The van der Waals surface area contributed by atoms with Crippen LogP contribution >= 0.6 is 11.3 Å². The molecule has 1 heterocycles. The van der Waals surface area contributed by atoms with Crippen molar-refractivity contribution in [2.24, 2.45) is 0 Å². The Bertz CT molecular complexity index is 172. The number of anilines is 1. The lowest BCUT2D eigenvalue weighted by Gasteiger charge is -1.86. The van der Waals surface area contributed by atoms with E-state index in [2.05, 4.69) is 6.92 Å². The summed E-state index contributed by atoms with van der Waals surface area (Å²) in [6.07, 6.45) is 0. The Morgan fingerprint density at radius 1 is 1.30 bits per heavy atom. The van der Waals surface area contributed by atoms with Gasteiger partial charge in [-0.05, 0) is 19.4 Å². The zero-order chi connectivity index (χ0) is 8.15. The molecule has 1 rings (SSSR count). The lowest BCUT2D eigenvalue weighted by Crippen LogP contribution is -1.82. The molecule has 0 unspecified atom stereocenters. The van der Waals surface area contributed by atoms with Crippen LogP contribution in [0.15, 0.2) is 5.38 Å². The molecule has 0 bridgehead atoms. The van der Waals surface area contributed by atoms with Gasteiger partial charge >= 0.3 is 0 Å². The summed E-state index contributed by atoms with van der Waals surface area (Å²) in [4.78, 5) is 1.32. The highest BCUT2D eigenvalue weighted by Gasteiger charge is 1.96. The molecule has 0 fully saturated rings. The average molecular weight is 157 g/mol. The third-order valence-corrected chi connectivity index (χ3v) is 2.36. The first-order chi connectivity index (χ1) is 4.72. The minimum Gasteiger partial charge on any atom is -0.398 e. The van der Waals surface area contributed by atoms with Crippen LogP contribution in [-0.2, 0) is 0 Å². The quantitative estimate of drug-likeness (QED) is 0.615. The van der Waals surface area contributed by atoms with Gasteiger partial charge in [0.2, 0.25) is 0 Å². The summed E-state index contributed by atoms with van der Waals surface area (Å²) < 4.78 is 0. The maximum atomic E-state index is 5.55. The molecule has 10 heavy (non-hydrogen) atoms. The van der Waals surface area contributed by atoms with Crippen LogP contribution < -0.4 is 5.73 Å². The predicted molar refractivity (Wildman–Crippen MR) is 49.6 cm³/mol. The van der Waals surface area contributed by atoms with Crippen molar-refractivity contribution in [3.63, 3.8) is 0 Å². The third-order valence-electron chi connectivity index (χ3n) is 1.32. The fraction of sp³-hybridized carbons (Fsp3) is 0.500. The van der Waals surface area contributed by atoms with Crippen molar-refractivity contribution in [2.45, 2.75) is 27.7 Å². The Morgan fingerprint density at radius 2 is 1.80 bits per heavy atom. The van der Waals surface area contributed by atoms with Crippen LogP contribution in [0.3, 0.4) is 0 Å². The average Bonchev–Trinajstić information content (AvgIpc) is 2.25. The molecule has 0 aliphatic heterocycles. The molecule has 0 radical (unpaired) electrons. The molecule has 1 aromatic heterocycles. The number of hydrogen-bond acceptors (Lipinski definition) is 2. The Balaban J connectivity index is 0.000000371. The van der Waals surface area contributed by atoms with E-state index < -0.39 is 0 Å². The first kappa shape index (κ1) is 9.50. The molecule has 0 saturated carbocycles. The molecule has 0 amide bonds. The van der Waals surface area contributed by atoms with E-state index in [0.717, 1.165) is 5.69 Å². The highest BCUT2D eigenvalue weighted by molar-refractivity contribution is 7.10. The van der Waals surface area contributed by atoms with Crippen LogP contribution in [0.4, 0.5) is 5.69 Å². The molecule has 0 aliphatic carbocycles. The van der Waals surface area contributed by atoms with Crippen LogP contribution in [0.2, 0.25) is 0 Å². The van der Waals surface area contributed by atoms with Crippen LogP contribution in [0, 0.1) is 13.8 Å². The van der Waals surface area contributed by atoms with Gasteiger partial charge in [-0.1, -0.05) is 13.8 Å². The minimum atomic E-state index is 0.924. The Labute approximate surface area is 66.9 Å². The van der Waals surface area contributed by atoms with E-state index in [1.54, 1.807) is 11.3 Å². The third kappa shape index (κ3) is 2.03. The van der Waals surface area contributed by atoms with Crippen LogP contribution in [0.1, 0.15) is 24.3 Å². The fourth-order valence-electron chi connectivity index (χ4n) is 0.532. The molecule has 0 aromatic carbocycles. The van der Waals surface area contributed by atoms with E-state index in [1.165, 1.54) is 10.4 Å². The van der Waals surface area contributed by atoms with Gasteiger partial charge in [-0.3, -0.25) is 0 Å². The van der Waals surface area contributed by atoms with Crippen molar-refractivity contribution in [1.82, 2.24) is 0 Å². The zero-order valence-electron chi connectivity index (χ0n) is 7.06. The molecule has 58 valence electrons. The fourth-order valence-corrected chi connectivity index (χ4v) is 1.31. The number of thiophene rings is 1. The lowest BCUT2D eigenvalue weighted by molar-refractivity contribution is 1.44. The van der Waals surface area contributed by atoms with Gasteiger partial charge in [0.05, 0.1) is 0 Å². The van der Waals surface area contributed by atoms with Gasteiger partial charge in [0.15, 0.2) is 0 Å². The summed E-state index contributed by atoms with van der Waals surface area (Å²) in [5, 5.41) is 1.98. The second kappa shape index (κ2) is 4.34. The Morgan fingerprint density at radius 3 is 1.90 bits per heavy atom. The van der Waals surface area contributed by atoms with E-state index in [-0.39, 0.29) is 0 Å². The van der Waals surface area contributed by atoms with Crippen LogP contribution in [0.25, 0.3) is 0 Å². The molecular formula is C8H15NS. The summed E-state index contributed by atoms with van der Waals surface area (Å²) in [7, 11) is 0. The van der Waals surface area contributed by atoms with Crippen molar-refractivity contribution < 1.29 is 0 Å². The topological polar surface area (TPSA) is 26.0 Å². The zero-order valence-corrected chi connectivity index (χ0v) is 7.88. The molecule has 0 saturated heterocycles. The molecule has 0 spiro atoms. The van der Waals surface area contributed by atoms with Crippen molar-refractivity contribution >= 4 is 17.0 Å². The van der Waals surface area contributed by atoms with Crippen molar-refractivity contribution in [3.8, 4) is 0 Å². The molecule has 2 heteroatoms. The van der Waals surface area contributed by atoms with Crippen molar-refractivity contribution in [3.05, 3.63) is 15.8 Å². The number of aryl methyl sites for hydroxylation is 1. The second-order valence-electron chi connectivity index (χ2n) is 1.87. The SMILES string of the molecule is CC.Cc1scc(N)c1C. The predicted octanol–water partition coefficient (Wildman–Crippen LogP) is 2.97.